The Morgan fingerprint density at radius 2 is 1.03 bits per heavy atom. The van der Waals surface area contributed by atoms with Crippen molar-refractivity contribution in [2.75, 3.05) is 51.1 Å². The summed E-state index contributed by atoms with van der Waals surface area (Å²) in [6.45, 7) is 0.777. The van der Waals surface area contributed by atoms with Gasteiger partial charge in [-0.3, -0.25) is 19.0 Å². The lowest BCUT2D eigenvalue weighted by Gasteiger charge is -2.35. The Morgan fingerprint density at radius 1 is 0.544 bits per heavy atom. The summed E-state index contributed by atoms with van der Waals surface area (Å²) in [5, 5.41) is 4.07. The second kappa shape index (κ2) is 22.1. The van der Waals surface area contributed by atoms with E-state index in [0.717, 1.165) is 33.7 Å². The van der Waals surface area contributed by atoms with Crippen LogP contribution in [0.15, 0.2) is 175 Å². The van der Waals surface area contributed by atoms with Crippen LogP contribution in [0.4, 0.5) is 0 Å². The fraction of sp³-hybridized carbons (Fsp3) is 0.231. The molecule has 6 aromatic carbocycles. The first kappa shape index (κ1) is 48.0. The van der Waals surface area contributed by atoms with E-state index >= 15 is 0 Å². The molecule has 14 nitrogen and oxygen atoms in total. The van der Waals surface area contributed by atoms with E-state index < -0.39 is 43.6 Å². The minimum atomic E-state index is -4.11. The van der Waals surface area contributed by atoms with E-state index in [1.807, 2.05) is 158 Å². The molecule has 1 aliphatic heterocycles. The number of imidazole rings is 1. The molecule has 2 atom stereocenters. The Bertz CT molecular complexity index is 3010. The molecule has 68 heavy (non-hydrogen) atoms. The number of hydrogen-bond acceptors (Lipinski definition) is 11. The van der Waals surface area contributed by atoms with Gasteiger partial charge in [0.1, 0.15) is 30.5 Å². The van der Waals surface area contributed by atoms with Crippen molar-refractivity contribution in [2.45, 2.75) is 24.7 Å². The molecule has 1 aromatic heterocycles. The minimum Gasteiger partial charge on any atom is -0.491 e. The van der Waals surface area contributed by atoms with E-state index in [2.05, 4.69) is 22.0 Å². The quantitative estimate of drug-likeness (QED) is 0.0410. The number of nitrogens with one attached hydrogen (secondary N) is 1. The number of aromatic nitrogens is 2. The van der Waals surface area contributed by atoms with E-state index in [-0.39, 0.29) is 52.5 Å². The van der Waals surface area contributed by atoms with Crippen LogP contribution in [0.25, 0.3) is 33.9 Å². The Kier molecular flexibility index (Phi) is 15.6. The van der Waals surface area contributed by atoms with Crippen LogP contribution in [0.2, 0.25) is 0 Å². The van der Waals surface area contributed by atoms with E-state index in [1.54, 1.807) is 0 Å². The monoisotopic (exact) mass is 956 g/mol. The summed E-state index contributed by atoms with van der Waals surface area (Å²) in [7, 11) is -8.21. The van der Waals surface area contributed by atoms with Gasteiger partial charge in [0, 0.05) is 24.3 Å². The SMILES string of the molecule is O=S(=O)(O)CCCOCCOc1ccccc1-c1nc(-c2ccccc2)c(-c2ccccc2)n1C1(c2ccccc2OCCOCCCS(=O)(=O)O)N=C(c2ccccc2)C(c2ccccc2)N1. The van der Waals surface area contributed by atoms with E-state index in [4.69, 9.17) is 33.5 Å². The predicted molar refractivity (Wildman–Crippen MR) is 262 cm³/mol. The third-order valence-corrected chi connectivity index (χ3v) is 12.8. The third kappa shape index (κ3) is 11.8. The van der Waals surface area contributed by atoms with Gasteiger partial charge in [0.25, 0.3) is 20.2 Å². The number of ether oxygens (including phenoxy) is 4. The van der Waals surface area contributed by atoms with Crippen LogP contribution in [0.1, 0.15) is 35.6 Å². The highest BCUT2D eigenvalue weighted by Gasteiger charge is 2.49. The molecule has 0 radical (unpaired) electrons. The predicted octanol–water partition coefficient (Wildman–Crippen LogP) is 8.72. The maximum Gasteiger partial charge on any atom is 0.264 e. The number of benzene rings is 6. The molecular weight excluding hydrogens is 905 g/mol. The lowest BCUT2D eigenvalue weighted by Crippen LogP contribution is -2.46. The van der Waals surface area contributed by atoms with Crippen molar-refractivity contribution < 1.29 is 44.9 Å². The molecule has 0 fully saturated rings. The zero-order valence-electron chi connectivity index (χ0n) is 37.1. The summed E-state index contributed by atoms with van der Waals surface area (Å²) in [6, 6.07) is 55.0. The summed E-state index contributed by atoms with van der Waals surface area (Å²) in [5.74, 6) is -0.774. The molecule has 2 unspecified atom stereocenters. The first-order valence-corrected chi connectivity index (χ1v) is 25.4. The fourth-order valence-corrected chi connectivity index (χ4v) is 9.15. The topological polar surface area (TPSA) is 188 Å². The van der Waals surface area contributed by atoms with Crippen LogP contribution in [-0.4, -0.2) is 92.4 Å². The average molecular weight is 957 g/mol. The van der Waals surface area contributed by atoms with Crippen LogP contribution in [-0.2, 0) is 35.5 Å². The van der Waals surface area contributed by atoms with Gasteiger partial charge >= 0.3 is 0 Å². The Hall–Kier alpha value is -6.50. The van der Waals surface area contributed by atoms with E-state index in [9.17, 15) is 21.4 Å². The molecular formula is C52H52N4O10S2. The minimum absolute atomic E-state index is 0.114. The van der Waals surface area contributed by atoms with Crippen LogP contribution in [0.3, 0.4) is 0 Å². The van der Waals surface area contributed by atoms with Gasteiger partial charge in [0.2, 0.25) is 5.79 Å². The van der Waals surface area contributed by atoms with Gasteiger partial charge in [-0.15, -0.1) is 0 Å². The average Bonchev–Trinajstić information content (AvgIpc) is 3.96. The number of hydrogen-bond donors (Lipinski definition) is 3. The van der Waals surface area contributed by atoms with Crippen molar-refractivity contribution >= 4 is 25.9 Å². The lowest BCUT2D eigenvalue weighted by atomic mass is 9.97. The van der Waals surface area contributed by atoms with Gasteiger partial charge in [-0.2, -0.15) is 16.8 Å². The highest BCUT2D eigenvalue weighted by molar-refractivity contribution is 7.86. The molecule has 0 saturated carbocycles. The van der Waals surface area contributed by atoms with Gasteiger partial charge < -0.3 is 18.9 Å². The summed E-state index contributed by atoms with van der Waals surface area (Å²) < 4.78 is 90.2. The van der Waals surface area contributed by atoms with Crippen LogP contribution >= 0.6 is 0 Å². The van der Waals surface area contributed by atoms with Crippen molar-refractivity contribution in [3.05, 3.63) is 187 Å². The fourth-order valence-electron chi connectivity index (χ4n) is 8.19. The van der Waals surface area contributed by atoms with Gasteiger partial charge in [0.15, 0.2) is 0 Å². The Morgan fingerprint density at radius 3 is 1.62 bits per heavy atom. The second-order valence-electron chi connectivity index (χ2n) is 15.9. The second-order valence-corrected chi connectivity index (χ2v) is 19.1. The number of rotatable bonds is 23. The van der Waals surface area contributed by atoms with Crippen molar-refractivity contribution in [1.29, 1.82) is 0 Å². The molecule has 1 aliphatic rings. The van der Waals surface area contributed by atoms with Gasteiger partial charge in [-0.05, 0) is 48.2 Å². The zero-order valence-corrected chi connectivity index (χ0v) is 38.8. The molecule has 3 N–H and O–H groups in total. The maximum absolute atomic E-state index is 11.3. The first-order chi connectivity index (χ1) is 33.0. The Balaban J connectivity index is 1.34. The molecule has 352 valence electrons. The van der Waals surface area contributed by atoms with Crippen LogP contribution in [0, 0.1) is 0 Å². The largest absolute Gasteiger partial charge is 0.491 e. The summed E-state index contributed by atoms with van der Waals surface area (Å²) >= 11 is 0. The molecule has 2 heterocycles. The molecule has 0 spiro atoms. The van der Waals surface area contributed by atoms with E-state index in [1.165, 1.54) is 0 Å². The summed E-state index contributed by atoms with van der Waals surface area (Å²) in [6.07, 6.45) is 0.266. The lowest BCUT2D eigenvalue weighted by molar-refractivity contribution is 0.0993. The zero-order chi connectivity index (χ0) is 47.4. The highest BCUT2D eigenvalue weighted by Crippen LogP contribution is 2.49. The summed E-state index contributed by atoms with van der Waals surface area (Å²) in [5.41, 5.74) is 7.10. The standard InChI is InChI=1S/C52H52N4O10S2/c57-67(58,59)37-17-31-63-33-35-65-45-29-15-13-27-43(45)51-53-49(41-23-9-3-10-24-41)50(42-25-11-4-12-26-42)56(51)52(44-28-14-16-30-46(44)66-36-34-64-32-18-38-68(60,61)62)54-47(39-19-5-1-6-20-39)48(55-52)40-21-7-2-8-22-40/h1-16,19-30,47,54H,17-18,31-38H2,(H,57,58,59)(H,60,61,62). The van der Waals surface area contributed by atoms with Crippen LogP contribution in [0.5, 0.6) is 11.5 Å². The first-order valence-electron chi connectivity index (χ1n) is 22.2. The molecule has 7 aromatic rings. The normalized spacial score (nSPS) is 16.1. The molecule has 0 amide bonds. The van der Waals surface area contributed by atoms with Crippen molar-refractivity contribution in [3.8, 4) is 45.4 Å². The van der Waals surface area contributed by atoms with Gasteiger partial charge in [-0.25, -0.2) is 9.98 Å². The van der Waals surface area contributed by atoms with Crippen molar-refractivity contribution in [2.24, 2.45) is 4.99 Å². The molecule has 0 aliphatic carbocycles. The van der Waals surface area contributed by atoms with Gasteiger partial charge in [-0.1, -0.05) is 146 Å². The molecule has 0 saturated heterocycles. The van der Waals surface area contributed by atoms with Crippen molar-refractivity contribution in [3.63, 3.8) is 0 Å². The molecule has 16 heteroatoms. The Labute approximate surface area is 396 Å². The number of para-hydroxylation sites is 2. The van der Waals surface area contributed by atoms with Crippen molar-refractivity contribution in [1.82, 2.24) is 14.9 Å². The smallest absolute Gasteiger partial charge is 0.264 e. The third-order valence-electron chi connectivity index (χ3n) is 11.1. The van der Waals surface area contributed by atoms with Crippen LogP contribution < -0.4 is 14.8 Å². The van der Waals surface area contributed by atoms with Gasteiger partial charge in [0.05, 0.1) is 59.0 Å². The number of aliphatic imine (C=N–C) groups is 1. The molecule has 0 bridgehead atoms. The summed E-state index contributed by atoms with van der Waals surface area (Å²) in [4.78, 5) is 11.5. The highest BCUT2D eigenvalue weighted by atomic mass is 32.2. The maximum atomic E-state index is 11.3. The van der Waals surface area contributed by atoms with E-state index in [0.29, 0.717) is 34.1 Å². The molecule has 8 rings (SSSR count). The number of nitrogens with zero attached hydrogens (tertiary/aromatic N) is 3.